The number of benzene rings is 8. The molecule has 2 nitrogen and oxygen atoms in total. The SMILES string of the molecule is [2H]c1c([2H])c([2H])c(-c2c([2H])c([2H])c(N(c3c([2H])c([2H])c([2H])c([2H])c3[2H])c3cccc4oc5c6ccccc6c(-c6ccc(-c7ccccc7)cc6)cc5c34)c([2H])c2[2H])c([2H])c1[2H]. The summed E-state index contributed by atoms with van der Waals surface area (Å²) in [7, 11) is 0. The van der Waals surface area contributed by atoms with Gasteiger partial charge in [0.15, 0.2) is 0 Å². The van der Waals surface area contributed by atoms with Crippen molar-refractivity contribution in [2.45, 2.75) is 0 Å². The maximum absolute atomic E-state index is 9.44. The van der Waals surface area contributed by atoms with Gasteiger partial charge in [-0.2, -0.15) is 0 Å². The van der Waals surface area contributed by atoms with Gasteiger partial charge in [-0.25, -0.2) is 0 Å². The Bertz CT molecular complexity index is 3260. The third kappa shape index (κ3) is 4.83. The lowest BCUT2D eigenvalue weighted by molar-refractivity contribution is 0.672. The maximum atomic E-state index is 9.44. The van der Waals surface area contributed by atoms with E-state index >= 15 is 0 Å². The molecule has 9 rings (SSSR count). The molecule has 0 fully saturated rings. The van der Waals surface area contributed by atoms with Crippen molar-refractivity contribution in [1.82, 2.24) is 0 Å². The molecule has 0 saturated heterocycles. The number of para-hydroxylation sites is 1. The molecule has 0 atom stereocenters. The van der Waals surface area contributed by atoms with E-state index in [4.69, 9.17) is 18.1 Å². The lowest BCUT2D eigenvalue weighted by Crippen LogP contribution is -2.10. The first-order valence-corrected chi connectivity index (χ1v) is 15.2. The number of nitrogens with zero attached hydrogens (tertiary/aromatic N) is 1. The fourth-order valence-corrected chi connectivity index (χ4v) is 6.15. The van der Waals surface area contributed by atoms with E-state index < -0.39 is 107 Å². The molecule has 0 spiro atoms. The molecule has 0 saturated carbocycles. The molecule has 0 N–H and O–H groups in total. The Morgan fingerprint density at radius 3 is 1.79 bits per heavy atom. The zero-order valence-electron chi connectivity index (χ0n) is 39.2. The lowest BCUT2D eigenvalue weighted by Gasteiger charge is -2.26. The van der Waals surface area contributed by atoms with E-state index in [9.17, 15) is 5.48 Å². The zero-order valence-corrected chi connectivity index (χ0v) is 25.2. The fraction of sp³-hybridized carbons (Fsp3) is 0. The van der Waals surface area contributed by atoms with Crippen molar-refractivity contribution in [3.05, 3.63) is 188 Å². The van der Waals surface area contributed by atoms with Crippen molar-refractivity contribution >= 4 is 49.8 Å². The minimum Gasteiger partial charge on any atom is -0.455 e. The van der Waals surface area contributed by atoms with Crippen LogP contribution in [0.2, 0.25) is 0 Å². The highest BCUT2D eigenvalue weighted by molar-refractivity contribution is 6.22. The first-order chi connectivity index (χ1) is 29.6. The highest BCUT2D eigenvalue weighted by Crippen LogP contribution is 2.46. The van der Waals surface area contributed by atoms with Crippen molar-refractivity contribution in [2.24, 2.45) is 0 Å². The molecule has 0 bridgehead atoms. The van der Waals surface area contributed by atoms with Crippen LogP contribution in [-0.2, 0) is 0 Å². The molecule has 0 aliphatic carbocycles. The van der Waals surface area contributed by atoms with Gasteiger partial charge in [0.1, 0.15) is 11.2 Å². The highest BCUT2D eigenvalue weighted by atomic mass is 16.3. The van der Waals surface area contributed by atoms with Gasteiger partial charge in [-0.3, -0.25) is 0 Å². The zero-order chi connectivity index (χ0) is 44.0. The normalized spacial score (nSPS) is 15.4. The van der Waals surface area contributed by atoms with Gasteiger partial charge in [0.25, 0.3) is 0 Å². The summed E-state index contributed by atoms with van der Waals surface area (Å²) in [5.41, 5.74) is 2.52. The Balaban J connectivity index is 1.38. The average Bonchev–Trinajstić information content (AvgIpc) is 3.68. The van der Waals surface area contributed by atoms with Crippen LogP contribution in [0.15, 0.2) is 192 Å². The van der Waals surface area contributed by atoms with E-state index in [1.165, 1.54) is 0 Å². The molecule has 0 radical (unpaired) electrons. The van der Waals surface area contributed by atoms with Crippen LogP contribution in [0.1, 0.15) is 19.2 Å². The van der Waals surface area contributed by atoms with Crippen LogP contribution in [0, 0.1) is 0 Å². The molecular formula is C46H31NO. The first kappa shape index (κ1) is 17.0. The molecule has 9 aromatic rings. The van der Waals surface area contributed by atoms with Gasteiger partial charge in [0.05, 0.1) is 30.3 Å². The second-order valence-corrected chi connectivity index (χ2v) is 11.1. The lowest BCUT2D eigenvalue weighted by atomic mass is 9.93. The molecule has 0 aliphatic rings. The Hall–Kier alpha value is -6.38. The van der Waals surface area contributed by atoms with E-state index in [0.717, 1.165) is 37.9 Å². The number of hydrogen-bond acceptors (Lipinski definition) is 2. The van der Waals surface area contributed by atoms with E-state index in [-0.39, 0.29) is 5.69 Å². The predicted molar refractivity (Wildman–Crippen MR) is 202 cm³/mol. The van der Waals surface area contributed by atoms with Crippen LogP contribution in [-0.4, -0.2) is 0 Å². The summed E-state index contributed by atoms with van der Waals surface area (Å²) >= 11 is 0. The predicted octanol–water partition coefficient (Wildman–Crippen LogP) is 13.2. The van der Waals surface area contributed by atoms with Gasteiger partial charge in [-0.05, 0) is 81.1 Å². The summed E-state index contributed by atoms with van der Waals surface area (Å²) in [6.45, 7) is 0. The molecule has 8 aromatic carbocycles. The molecule has 2 heteroatoms. The Labute approximate surface area is 299 Å². The van der Waals surface area contributed by atoms with Gasteiger partial charge >= 0.3 is 0 Å². The molecule has 226 valence electrons. The summed E-state index contributed by atoms with van der Waals surface area (Å²) in [5, 5.41) is 2.53. The summed E-state index contributed by atoms with van der Waals surface area (Å²) in [6, 6.07) is 22.2. The van der Waals surface area contributed by atoms with E-state index in [0.29, 0.717) is 21.9 Å². The molecule has 48 heavy (non-hydrogen) atoms. The summed E-state index contributed by atoms with van der Waals surface area (Å²) in [4.78, 5) is 1.10. The summed E-state index contributed by atoms with van der Waals surface area (Å²) in [6.07, 6.45) is 0. The minimum absolute atomic E-state index is 0.0943. The van der Waals surface area contributed by atoms with Crippen molar-refractivity contribution in [2.75, 3.05) is 4.90 Å². The Morgan fingerprint density at radius 2 is 1.04 bits per heavy atom. The van der Waals surface area contributed by atoms with Crippen molar-refractivity contribution in [3.8, 4) is 33.4 Å². The highest BCUT2D eigenvalue weighted by Gasteiger charge is 2.21. The first-order valence-electron chi connectivity index (χ1n) is 22.2. The molecule has 0 aliphatic heterocycles. The van der Waals surface area contributed by atoms with Crippen LogP contribution < -0.4 is 4.90 Å². The van der Waals surface area contributed by atoms with E-state index in [1.54, 1.807) is 18.2 Å². The van der Waals surface area contributed by atoms with Crippen LogP contribution in [0.5, 0.6) is 0 Å². The standard InChI is InChI=1S/C46H31NO/c1-4-13-32(14-5-1)34-23-25-36(26-24-34)41-31-42-45-43(21-12-22-44(45)48-46(42)40-20-11-10-19-39(40)41)47(37-17-8-3-9-18-37)38-29-27-35(28-30-38)33-15-6-2-7-16-33/h1-31H/i2D,3D,6D,7D,8D,9D,15D,16D,17D,18D,27D,28D,29D,30D. The largest absolute Gasteiger partial charge is 0.455 e. The van der Waals surface area contributed by atoms with Crippen LogP contribution >= 0.6 is 0 Å². The fourth-order valence-electron chi connectivity index (χ4n) is 6.15. The second kappa shape index (κ2) is 11.8. The minimum atomic E-state index is -0.784. The monoisotopic (exact) mass is 627 g/mol. The van der Waals surface area contributed by atoms with Crippen LogP contribution in [0.4, 0.5) is 17.1 Å². The van der Waals surface area contributed by atoms with Crippen LogP contribution in [0.25, 0.3) is 66.1 Å². The third-order valence-electron chi connectivity index (χ3n) is 8.32. The van der Waals surface area contributed by atoms with Crippen molar-refractivity contribution in [3.63, 3.8) is 0 Å². The average molecular weight is 628 g/mol. The molecule has 0 unspecified atom stereocenters. The van der Waals surface area contributed by atoms with Crippen LogP contribution in [0.3, 0.4) is 0 Å². The molecule has 1 aromatic heterocycles. The number of fused-ring (bicyclic) bond motifs is 5. The van der Waals surface area contributed by atoms with Gasteiger partial charge in [0.2, 0.25) is 0 Å². The number of rotatable bonds is 6. The topological polar surface area (TPSA) is 16.4 Å². The second-order valence-electron chi connectivity index (χ2n) is 11.1. The number of anilines is 3. The van der Waals surface area contributed by atoms with E-state index in [1.807, 2.05) is 84.9 Å². The van der Waals surface area contributed by atoms with Gasteiger partial charge in [-0.15, -0.1) is 0 Å². The van der Waals surface area contributed by atoms with Gasteiger partial charge in [-0.1, -0.05) is 145 Å². The molecule has 1 heterocycles. The van der Waals surface area contributed by atoms with Gasteiger partial charge < -0.3 is 9.32 Å². The van der Waals surface area contributed by atoms with Crippen molar-refractivity contribution in [1.29, 1.82) is 0 Å². The molecule has 0 amide bonds. The van der Waals surface area contributed by atoms with Gasteiger partial charge in [0, 0.05) is 22.1 Å². The number of hydrogen-bond donors (Lipinski definition) is 0. The Kier molecular flexibility index (Phi) is 4.16. The quantitative estimate of drug-likeness (QED) is 0.182. The van der Waals surface area contributed by atoms with Crippen molar-refractivity contribution < 1.29 is 23.6 Å². The third-order valence-corrected chi connectivity index (χ3v) is 8.32. The summed E-state index contributed by atoms with van der Waals surface area (Å²) < 4.78 is 129. The smallest absolute Gasteiger partial charge is 0.143 e. The Morgan fingerprint density at radius 1 is 0.438 bits per heavy atom. The summed E-state index contributed by atoms with van der Waals surface area (Å²) in [5.74, 6) is 0. The maximum Gasteiger partial charge on any atom is 0.143 e. The molecular weight excluding hydrogens is 583 g/mol. The van der Waals surface area contributed by atoms with E-state index in [2.05, 4.69) is 0 Å². The number of furan rings is 1.